The first-order chi connectivity index (χ1) is 26.1. The van der Waals surface area contributed by atoms with Crippen molar-refractivity contribution >= 4 is 39.1 Å². The number of benzene rings is 2. The SMILES string of the molecule is CO[C@H]1/C=C/C[C@H](C)CS(=O)(NC(=O)N2CC(Oc3ccncc3)C2)=NC(=O)c2ccc3c(c2)N(C[C@@H]2CC[C@H]21)C[C@@]1(CCCc2cc(Cl)ccc21)CO3. The second kappa shape index (κ2) is 15.2. The number of nitrogens with one attached hydrogen (secondary N) is 1. The number of fused-ring (bicyclic) bond motifs is 4. The quantitative estimate of drug-likeness (QED) is 0.286. The number of aryl methyl sites for hydroxylation is 1. The first kappa shape index (κ1) is 36.8. The lowest BCUT2D eigenvalue weighted by Gasteiger charge is -2.46. The molecule has 1 aromatic heterocycles. The zero-order valence-corrected chi connectivity index (χ0v) is 32.4. The Morgan fingerprint density at radius 2 is 1.93 bits per heavy atom. The molecule has 0 radical (unpaired) electrons. The molecule has 2 fully saturated rings. The number of pyridine rings is 1. The van der Waals surface area contributed by atoms with Gasteiger partial charge in [-0.3, -0.25) is 14.5 Å². The van der Waals surface area contributed by atoms with E-state index in [-0.39, 0.29) is 29.3 Å². The van der Waals surface area contributed by atoms with Crippen LogP contribution in [0.5, 0.6) is 11.5 Å². The van der Waals surface area contributed by atoms with E-state index in [4.69, 9.17) is 25.8 Å². The fourth-order valence-corrected chi connectivity index (χ4v) is 10.9. The van der Waals surface area contributed by atoms with E-state index in [1.165, 1.54) is 16.0 Å². The summed E-state index contributed by atoms with van der Waals surface area (Å²) < 4.78 is 40.2. The lowest BCUT2D eigenvalue weighted by atomic mass is 9.68. The number of likely N-dealkylation sites (tertiary alicyclic amines) is 1. The molecule has 3 aromatic rings. The Morgan fingerprint density at radius 1 is 1.09 bits per heavy atom. The van der Waals surface area contributed by atoms with Crippen molar-refractivity contribution in [1.29, 1.82) is 0 Å². The lowest BCUT2D eigenvalue weighted by Crippen LogP contribution is -2.59. The Kier molecular flexibility index (Phi) is 10.4. The number of ether oxygens (including phenoxy) is 3. The van der Waals surface area contributed by atoms with Crippen molar-refractivity contribution in [2.45, 2.75) is 63.1 Å². The van der Waals surface area contributed by atoms with Gasteiger partial charge in [-0.25, -0.2) is 9.00 Å². The Balaban J connectivity index is 1.11. The molecule has 2 bridgehead atoms. The number of rotatable bonds is 4. The van der Waals surface area contributed by atoms with Crippen LogP contribution in [0.3, 0.4) is 0 Å². The van der Waals surface area contributed by atoms with Gasteiger partial charge in [-0.05, 0) is 110 Å². The number of amides is 3. The summed E-state index contributed by atoms with van der Waals surface area (Å²) in [6, 6.07) is 14.6. The largest absolute Gasteiger partial charge is 0.490 e. The first-order valence-corrected chi connectivity index (χ1v) is 21.1. The Morgan fingerprint density at radius 3 is 2.70 bits per heavy atom. The van der Waals surface area contributed by atoms with E-state index >= 15 is 0 Å². The second-order valence-corrected chi connectivity index (χ2v) is 18.1. The molecule has 5 aliphatic rings. The lowest BCUT2D eigenvalue weighted by molar-refractivity contribution is 0.0131. The van der Waals surface area contributed by atoms with Gasteiger partial charge in [-0.1, -0.05) is 36.7 Å². The van der Waals surface area contributed by atoms with Crippen LogP contribution >= 0.6 is 11.6 Å². The Labute approximate surface area is 322 Å². The Bertz CT molecular complexity index is 2050. The van der Waals surface area contributed by atoms with Crippen LogP contribution in [0.15, 0.2) is 77.4 Å². The molecule has 1 N–H and O–H groups in total. The van der Waals surface area contributed by atoms with E-state index < -0.39 is 21.9 Å². The van der Waals surface area contributed by atoms with E-state index in [1.54, 1.807) is 37.7 Å². The molecule has 286 valence electrons. The number of urea groups is 1. The predicted molar refractivity (Wildman–Crippen MR) is 209 cm³/mol. The minimum atomic E-state index is -3.53. The Hall–Kier alpha value is -4.13. The molecule has 6 atom stereocenters. The van der Waals surface area contributed by atoms with Crippen LogP contribution in [-0.2, 0) is 26.5 Å². The van der Waals surface area contributed by atoms with Gasteiger partial charge >= 0.3 is 6.03 Å². The van der Waals surface area contributed by atoms with Crippen LogP contribution in [0.1, 0.15) is 60.5 Å². The number of hydrogen-bond acceptors (Lipinski definition) is 8. The average molecular weight is 774 g/mol. The number of allylic oxidation sites excluding steroid dienone is 1. The summed E-state index contributed by atoms with van der Waals surface area (Å²) >= 11 is 6.47. The molecule has 13 heteroatoms. The molecule has 54 heavy (non-hydrogen) atoms. The van der Waals surface area contributed by atoms with Gasteiger partial charge < -0.3 is 24.0 Å². The van der Waals surface area contributed by atoms with Gasteiger partial charge in [-0.15, -0.1) is 4.36 Å². The zero-order chi connectivity index (χ0) is 37.5. The van der Waals surface area contributed by atoms with Gasteiger partial charge in [0.15, 0.2) is 0 Å². The van der Waals surface area contributed by atoms with Crippen molar-refractivity contribution in [3.05, 3.63) is 94.8 Å². The first-order valence-electron chi connectivity index (χ1n) is 19.0. The summed E-state index contributed by atoms with van der Waals surface area (Å²) in [6.07, 6.45) is 13.0. The molecule has 11 nitrogen and oxygen atoms in total. The zero-order valence-electron chi connectivity index (χ0n) is 30.8. The fraction of sp³-hybridized carbons (Fsp3) is 0.488. The summed E-state index contributed by atoms with van der Waals surface area (Å²) in [5, 5.41) is 0.739. The van der Waals surface area contributed by atoms with Crippen molar-refractivity contribution in [3.63, 3.8) is 0 Å². The van der Waals surface area contributed by atoms with Gasteiger partial charge in [0, 0.05) is 48.6 Å². The van der Waals surface area contributed by atoms with E-state index in [0.717, 1.165) is 49.4 Å². The number of carbonyl (C=O) groups excluding carboxylic acids is 2. The molecule has 1 saturated heterocycles. The maximum atomic E-state index is 14.6. The maximum Gasteiger partial charge on any atom is 0.330 e. The molecule has 3 amide bonds. The van der Waals surface area contributed by atoms with Crippen LogP contribution in [0, 0.1) is 17.8 Å². The number of halogens is 1. The molecule has 3 aliphatic heterocycles. The molecule has 1 unspecified atom stereocenters. The highest BCUT2D eigenvalue weighted by Crippen LogP contribution is 2.47. The van der Waals surface area contributed by atoms with E-state index in [0.29, 0.717) is 61.6 Å². The van der Waals surface area contributed by atoms with Crippen molar-refractivity contribution < 1.29 is 28.0 Å². The van der Waals surface area contributed by atoms with Crippen LogP contribution in [0.25, 0.3) is 0 Å². The number of hydrogen-bond donors (Lipinski definition) is 1. The van der Waals surface area contributed by atoms with Gasteiger partial charge in [0.1, 0.15) is 27.5 Å². The number of methoxy groups -OCH3 is 1. The standard InChI is InChI=1S/C41H48ClN5O6S/c1-27-5-3-7-37(51-2)34-11-8-30(34)21-47-25-41(16-4-6-28-19-31(42)10-12-35(28)41)26-52-38-13-9-29(20-36(38)47)39(48)44-54(50,24-27)45-40(49)46-22-33(23-46)53-32-14-17-43-18-15-32/h3,7,9-10,12-15,17-20,27,30,33-34,37H,4-6,8,11,16,21-26H2,1-2H3,(H,44,45,48,49,50)/b7-3+/t27-,30-,34+,37-,41-,54?/m0/s1. The molecule has 2 aromatic carbocycles. The van der Waals surface area contributed by atoms with Crippen molar-refractivity contribution in [2.75, 3.05) is 50.5 Å². The second-order valence-electron chi connectivity index (χ2n) is 15.7. The molecule has 8 rings (SSSR count). The molecule has 2 aliphatic carbocycles. The highest BCUT2D eigenvalue weighted by Gasteiger charge is 2.44. The number of anilines is 1. The number of nitrogens with zero attached hydrogens (tertiary/aromatic N) is 4. The highest BCUT2D eigenvalue weighted by molar-refractivity contribution is 7.92. The minimum Gasteiger partial charge on any atom is -0.490 e. The molecule has 1 saturated carbocycles. The van der Waals surface area contributed by atoms with E-state index in [1.807, 2.05) is 25.1 Å². The fourth-order valence-electron chi connectivity index (χ4n) is 8.86. The third-order valence-corrected chi connectivity index (χ3v) is 14.1. The topological polar surface area (TPSA) is 123 Å². The third kappa shape index (κ3) is 7.57. The summed E-state index contributed by atoms with van der Waals surface area (Å²) in [5.41, 5.74) is 3.39. The normalized spacial score (nSPS) is 30.3. The number of aromatic nitrogens is 1. The predicted octanol–water partition coefficient (Wildman–Crippen LogP) is 6.84. The van der Waals surface area contributed by atoms with Crippen molar-refractivity contribution in [3.8, 4) is 11.5 Å². The van der Waals surface area contributed by atoms with E-state index in [9.17, 15) is 13.8 Å². The van der Waals surface area contributed by atoms with Crippen molar-refractivity contribution in [2.24, 2.45) is 22.1 Å². The summed E-state index contributed by atoms with van der Waals surface area (Å²) in [5.74, 6) is 1.31. The third-order valence-electron chi connectivity index (χ3n) is 11.8. The van der Waals surface area contributed by atoms with E-state index in [2.05, 4.69) is 43.3 Å². The molecule has 1 spiro atoms. The summed E-state index contributed by atoms with van der Waals surface area (Å²) in [4.78, 5) is 35.4. The minimum absolute atomic E-state index is 0.00935. The summed E-state index contributed by atoms with van der Waals surface area (Å²) in [6.45, 7) is 4.58. The van der Waals surface area contributed by atoms with Crippen LogP contribution in [0.2, 0.25) is 5.02 Å². The van der Waals surface area contributed by atoms with Gasteiger partial charge in [0.05, 0.1) is 37.2 Å². The smallest absolute Gasteiger partial charge is 0.330 e. The maximum absolute atomic E-state index is 14.6. The molecular formula is C41H48ClN5O6S. The van der Waals surface area contributed by atoms with Crippen molar-refractivity contribution in [1.82, 2.24) is 14.6 Å². The van der Waals surface area contributed by atoms with Crippen LogP contribution < -0.4 is 19.1 Å². The van der Waals surface area contributed by atoms with Crippen LogP contribution in [0.4, 0.5) is 10.5 Å². The monoisotopic (exact) mass is 773 g/mol. The average Bonchev–Trinajstić information content (AvgIpc) is 3.27. The van der Waals surface area contributed by atoms with Gasteiger partial charge in [0.25, 0.3) is 5.91 Å². The number of carbonyl (C=O) groups is 2. The van der Waals surface area contributed by atoms with Gasteiger partial charge in [0.2, 0.25) is 0 Å². The van der Waals surface area contributed by atoms with Gasteiger partial charge in [-0.2, -0.15) is 0 Å². The molecule has 4 heterocycles. The van der Waals surface area contributed by atoms with Crippen LogP contribution in [-0.4, -0.2) is 83.9 Å². The summed E-state index contributed by atoms with van der Waals surface area (Å²) in [7, 11) is -1.76. The molecular weight excluding hydrogens is 726 g/mol. The highest BCUT2D eigenvalue weighted by atomic mass is 35.5.